The molecule has 1 aromatic heterocycles. The summed E-state index contributed by atoms with van der Waals surface area (Å²) in [6.45, 7) is 4.26. The van der Waals surface area contributed by atoms with Crippen molar-refractivity contribution in [1.82, 2.24) is 4.98 Å². The zero-order valence-corrected chi connectivity index (χ0v) is 8.92. The van der Waals surface area contributed by atoms with E-state index in [9.17, 15) is 4.79 Å². The van der Waals surface area contributed by atoms with Crippen molar-refractivity contribution in [3.05, 3.63) is 45.2 Å². The fourth-order valence-corrected chi connectivity index (χ4v) is 1.85. The lowest BCUT2D eigenvalue weighted by molar-refractivity contribution is 1.01. The van der Waals surface area contributed by atoms with Crippen LogP contribution in [-0.4, -0.2) is 4.98 Å². The molecule has 1 heterocycles. The molecule has 0 bridgehead atoms. The number of benzene rings is 1. The van der Waals surface area contributed by atoms with Crippen LogP contribution in [0.4, 0.5) is 0 Å². The highest BCUT2D eigenvalue weighted by molar-refractivity contribution is 5.83. The number of aromatic nitrogens is 1. The van der Waals surface area contributed by atoms with Gasteiger partial charge in [-0.3, -0.25) is 4.79 Å². The second-order valence-electron chi connectivity index (χ2n) is 3.81. The Morgan fingerprint density at radius 1 is 1.33 bits per heavy atom. The lowest BCUT2D eigenvalue weighted by Crippen LogP contribution is -2.18. The highest BCUT2D eigenvalue weighted by Crippen LogP contribution is 2.18. The van der Waals surface area contributed by atoms with Crippen LogP contribution in [0.3, 0.4) is 0 Å². The van der Waals surface area contributed by atoms with Crippen molar-refractivity contribution in [1.29, 1.82) is 0 Å². The van der Waals surface area contributed by atoms with Gasteiger partial charge in [0.15, 0.2) is 0 Å². The Labute approximate surface area is 87.9 Å². The Morgan fingerprint density at radius 2 is 2.07 bits per heavy atom. The van der Waals surface area contributed by atoms with Crippen molar-refractivity contribution >= 4 is 10.9 Å². The minimum Gasteiger partial charge on any atom is -0.326 e. The van der Waals surface area contributed by atoms with Crippen molar-refractivity contribution in [2.45, 2.75) is 20.4 Å². The zero-order valence-electron chi connectivity index (χ0n) is 8.92. The Hall–Kier alpha value is -1.61. The van der Waals surface area contributed by atoms with Gasteiger partial charge in [0.1, 0.15) is 0 Å². The summed E-state index contributed by atoms with van der Waals surface area (Å²) in [7, 11) is 0. The highest BCUT2D eigenvalue weighted by Gasteiger charge is 2.06. The summed E-state index contributed by atoms with van der Waals surface area (Å²) in [5.74, 6) is 0. The summed E-state index contributed by atoms with van der Waals surface area (Å²) in [6, 6.07) is 5.99. The molecule has 1 aromatic carbocycles. The summed E-state index contributed by atoms with van der Waals surface area (Å²) in [6.07, 6.45) is 0. The van der Waals surface area contributed by atoms with Crippen LogP contribution in [0.15, 0.2) is 23.0 Å². The summed E-state index contributed by atoms with van der Waals surface area (Å²) in [5, 5.41) is 1.08. The number of hydrogen-bond acceptors (Lipinski definition) is 2. The number of H-pyrrole nitrogens is 1. The second kappa shape index (κ2) is 3.51. The van der Waals surface area contributed by atoms with Gasteiger partial charge in [-0.1, -0.05) is 11.6 Å². The molecule has 3 N–H and O–H groups in total. The van der Waals surface area contributed by atoms with Crippen LogP contribution < -0.4 is 11.3 Å². The first-order valence-electron chi connectivity index (χ1n) is 4.95. The third kappa shape index (κ3) is 1.55. The van der Waals surface area contributed by atoms with Crippen LogP contribution >= 0.6 is 0 Å². The predicted molar refractivity (Wildman–Crippen MR) is 61.9 cm³/mol. The van der Waals surface area contributed by atoms with Gasteiger partial charge in [-0.05, 0) is 31.5 Å². The van der Waals surface area contributed by atoms with Crippen molar-refractivity contribution < 1.29 is 0 Å². The largest absolute Gasteiger partial charge is 0.326 e. The number of hydrogen-bond donors (Lipinski definition) is 2. The molecule has 3 nitrogen and oxygen atoms in total. The number of rotatable bonds is 1. The normalized spacial score (nSPS) is 10.9. The van der Waals surface area contributed by atoms with Gasteiger partial charge in [0.05, 0.1) is 0 Å². The molecule has 2 aromatic rings. The molecule has 0 aliphatic rings. The van der Waals surface area contributed by atoms with Crippen LogP contribution in [0, 0.1) is 13.8 Å². The first-order valence-corrected chi connectivity index (χ1v) is 4.95. The zero-order chi connectivity index (χ0) is 11.0. The molecule has 0 atom stereocenters. The van der Waals surface area contributed by atoms with E-state index in [0.29, 0.717) is 5.56 Å². The number of pyridine rings is 1. The number of nitrogens with one attached hydrogen (secondary N) is 1. The van der Waals surface area contributed by atoms with Crippen LogP contribution in [0.5, 0.6) is 0 Å². The average Bonchev–Trinajstić information content (AvgIpc) is 2.20. The van der Waals surface area contributed by atoms with Gasteiger partial charge >= 0.3 is 0 Å². The van der Waals surface area contributed by atoms with E-state index in [1.54, 1.807) is 0 Å². The molecule has 0 spiro atoms. The molecule has 78 valence electrons. The Bertz CT molecular complexity index is 570. The van der Waals surface area contributed by atoms with Gasteiger partial charge in [0.2, 0.25) is 0 Å². The monoisotopic (exact) mass is 202 g/mol. The molecule has 0 saturated heterocycles. The molecular weight excluding hydrogens is 188 g/mol. The van der Waals surface area contributed by atoms with Crippen LogP contribution in [0.1, 0.15) is 16.7 Å². The molecule has 2 rings (SSSR count). The molecule has 15 heavy (non-hydrogen) atoms. The molecule has 0 unspecified atom stereocenters. The first kappa shape index (κ1) is 9.93. The van der Waals surface area contributed by atoms with Crippen LogP contribution in [0.2, 0.25) is 0 Å². The lowest BCUT2D eigenvalue weighted by atomic mass is 10.0. The quantitative estimate of drug-likeness (QED) is 0.738. The van der Waals surface area contributed by atoms with E-state index < -0.39 is 0 Å². The van der Waals surface area contributed by atoms with E-state index in [4.69, 9.17) is 5.73 Å². The standard InChI is InChI=1S/C12H14N2O/c1-7-3-4-11-9(5-7)8(2)10(6-13)12(15)14-11/h3-5H,6,13H2,1-2H3,(H,14,15). The van der Waals surface area contributed by atoms with E-state index in [1.807, 2.05) is 26.0 Å². The highest BCUT2D eigenvalue weighted by atomic mass is 16.1. The van der Waals surface area contributed by atoms with Gasteiger partial charge in [-0.2, -0.15) is 0 Å². The van der Waals surface area contributed by atoms with Gasteiger partial charge in [-0.25, -0.2) is 0 Å². The Kier molecular flexibility index (Phi) is 2.32. The maximum absolute atomic E-state index is 11.6. The minimum absolute atomic E-state index is 0.0775. The van der Waals surface area contributed by atoms with E-state index in [-0.39, 0.29) is 12.1 Å². The smallest absolute Gasteiger partial charge is 0.253 e. The van der Waals surface area contributed by atoms with Crippen molar-refractivity contribution in [2.24, 2.45) is 5.73 Å². The van der Waals surface area contributed by atoms with Gasteiger partial charge in [-0.15, -0.1) is 0 Å². The number of nitrogens with two attached hydrogens (primary N) is 1. The fraction of sp³-hybridized carbons (Fsp3) is 0.250. The van der Waals surface area contributed by atoms with E-state index in [0.717, 1.165) is 16.5 Å². The molecule has 0 amide bonds. The minimum atomic E-state index is -0.0775. The summed E-state index contributed by atoms with van der Waals surface area (Å²) in [5.41, 5.74) is 9.20. The molecule has 3 heteroatoms. The molecule has 0 aliphatic carbocycles. The average molecular weight is 202 g/mol. The third-order valence-corrected chi connectivity index (χ3v) is 2.76. The summed E-state index contributed by atoms with van der Waals surface area (Å²) in [4.78, 5) is 14.5. The van der Waals surface area contributed by atoms with E-state index in [1.165, 1.54) is 5.56 Å². The Morgan fingerprint density at radius 3 is 2.73 bits per heavy atom. The van der Waals surface area contributed by atoms with Crippen LogP contribution in [-0.2, 0) is 6.54 Å². The Balaban J connectivity index is 2.92. The predicted octanol–water partition coefficient (Wildman–Crippen LogP) is 1.60. The van der Waals surface area contributed by atoms with Crippen molar-refractivity contribution in [2.75, 3.05) is 0 Å². The number of fused-ring (bicyclic) bond motifs is 1. The maximum atomic E-state index is 11.6. The van der Waals surface area contributed by atoms with Gasteiger partial charge < -0.3 is 10.7 Å². The lowest BCUT2D eigenvalue weighted by Gasteiger charge is -2.07. The second-order valence-corrected chi connectivity index (χ2v) is 3.81. The molecule has 0 radical (unpaired) electrons. The van der Waals surface area contributed by atoms with E-state index in [2.05, 4.69) is 11.1 Å². The number of aryl methyl sites for hydroxylation is 2. The number of aromatic amines is 1. The summed E-state index contributed by atoms with van der Waals surface area (Å²) < 4.78 is 0. The van der Waals surface area contributed by atoms with Crippen LogP contribution in [0.25, 0.3) is 10.9 Å². The van der Waals surface area contributed by atoms with Crippen molar-refractivity contribution in [3.8, 4) is 0 Å². The molecule has 0 saturated carbocycles. The SMILES string of the molecule is Cc1ccc2[nH]c(=O)c(CN)c(C)c2c1. The maximum Gasteiger partial charge on any atom is 0.253 e. The summed E-state index contributed by atoms with van der Waals surface area (Å²) >= 11 is 0. The van der Waals surface area contributed by atoms with Crippen molar-refractivity contribution in [3.63, 3.8) is 0 Å². The van der Waals surface area contributed by atoms with Gasteiger partial charge in [0, 0.05) is 23.0 Å². The fourth-order valence-electron chi connectivity index (χ4n) is 1.85. The van der Waals surface area contributed by atoms with E-state index >= 15 is 0 Å². The molecule has 0 fully saturated rings. The first-order chi connectivity index (χ1) is 7.13. The third-order valence-electron chi connectivity index (χ3n) is 2.76. The molecular formula is C12H14N2O. The topological polar surface area (TPSA) is 58.9 Å². The molecule has 0 aliphatic heterocycles. The van der Waals surface area contributed by atoms with Gasteiger partial charge in [0.25, 0.3) is 5.56 Å².